The van der Waals surface area contributed by atoms with Gasteiger partial charge < -0.3 is 4.90 Å². The SMILES string of the molecule is Br.CC(C)(C)c1nnc2sc(N(CC(=O)c3ccc(Cl)cc3)c3ccccc3)nn2c1=O. The van der Waals surface area contributed by atoms with Crippen LogP contribution in [-0.2, 0) is 5.41 Å². The van der Waals surface area contributed by atoms with Gasteiger partial charge in [0.05, 0.1) is 6.54 Å². The van der Waals surface area contributed by atoms with Crippen LogP contribution in [0.3, 0.4) is 0 Å². The number of ketones is 1. The number of hydrogen-bond donors (Lipinski definition) is 0. The number of hydrogen-bond acceptors (Lipinski definition) is 7. The van der Waals surface area contributed by atoms with Crippen molar-refractivity contribution in [2.75, 3.05) is 11.4 Å². The summed E-state index contributed by atoms with van der Waals surface area (Å²) in [5.74, 6) is -0.103. The van der Waals surface area contributed by atoms with Crippen LogP contribution in [0.4, 0.5) is 10.8 Å². The van der Waals surface area contributed by atoms with Crippen LogP contribution in [0.25, 0.3) is 4.96 Å². The lowest BCUT2D eigenvalue weighted by molar-refractivity contribution is 0.100. The van der Waals surface area contributed by atoms with Crippen molar-refractivity contribution in [1.29, 1.82) is 0 Å². The largest absolute Gasteiger partial charge is 0.309 e. The molecule has 0 radical (unpaired) electrons. The Morgan fingerprint density at radius 3 is 2.34 bits per heavy atom. The third kappa shape index (κ3) is 4.90. The lowest BCUT2D eigenvalue weighted by atomic mass is 9.93. The molecule has 4 rings (SSSR count). The molecule has 4 aromatic rings. The zero-order valence-corrected chi connectivity index (χ0v) is 20.9. The highest BCUT2D eigenvalue weighted by Crippen LogP contribution is 2.29. The maximum atomic E-state index is 13.0. The number of carbonyl (C=O) groups excluding carboxylic acids is 1. The molecule has 0 spiro atoms. The molecule has 0 fully saturated rings. The second-order valence-corrected chi connectivity index (χ2v) is 9.41. The molecule has 0 amide bonds. The average Bonchev–Trinajstić information content (AvgIpc) is 3.17. The van der Waals surface area contributed by atoms with Gasteiger partial charge in [0.2, 0.25) is 10.1 Å². The molecular formula is C22H21BrClN5O2S. The molecule has 7 nitrogen and oxygen atoms in total. The fourth-order valence-corrected chi connectivity index (χ4v) is 4.02. The number of nitrogens with zero attached hydrogens (tertiary/aromatic N) is 5. The van der Waals surface area contributed by atoms with Gasteiger partial charge in [-0.15, -0.1) is 32.3 Å². The number of para-hydroxylation sites is 1. The van der Waals surface area contributed by atoms with Crippen LogP contribution in [-0.4, -0.2) is 32.1 Å². The van der Waals surface area contributed by atoms with Crippen LogP contribution in [0, 0.1) is 0 Å². The lowest BCUT2D eigenvalue weighted by Gasteiger charge is -2.20. The molecule has 10 heteroatoms. The fourth-order valence-electron chi connectivity index (χ4n) is 3.03. The predicted molar refractivity (Wildman–Crippen MR) is 133 cm³/mol. The Bertz CT molecular complexity index is 1300. The van der Waals surface area contributed by atoms with Gasteiger partial charge >= 0.3 is 0 Å². The van der Waals surface area contributed by atoms with Crippen molar-refractivity contribution in [3.8, 4) is 0 Å². The molecule has 0 saturated carbocycles. The molecule has 2 heterocycles. The highest BCUT2D eigenvalue weighted by atomic mass is 79.9. The molecule has 0 saturated heterocycles. The molecule has 0 unspecified atom stereocenters. The number of anilines is 2. The van der Waals surface area contributed by atoms with E-state index in [9.17, 15) is 9.59 Å². The van der Waals surface area contributed by atoms with E-state index < -0.39 is 5.41 Å². The lowest BCUT2D eigenvalue weighted by Crippen LogP contribution is -2.30. The molecule has 0 atom stereocenters. The van der Waals surface area contributed by atoms with E-state index in [1.54, 1.807) is 29.2 Å². The Hall–Kier alpha value is -2.62. The fraction of sp³-hybridized carbons (Fsp3) is 0.227. The van der Waals surface area contributed by atoms with Crippen molar-refractivity contribution in [3.63, 3.8) is 0 Å². The van der Waals surface area contributed by atoms with E-state index in [1.807, 2.05) is 51.1 Å². The van der Waals surface area contributed by atoms with Crippen LogP contribution in [0.15, 0.2) is 59.4 Å². The van der Waals surface area contributed by atoms with Gasteiger partial charge in [0.15, 0.2) is 5.78 Å². The Morgan fingerprint density at radius 1 is 1.06 bits per heavy atom. The van der Waals surface area contributed by atoms with E-state index in [4.69, 9.17) is 11.6 Å². The molecule has 0 bridgehead atoms. The number of carbonyl (C=O) groups is 1. The summed E-state index contributed by atoms with van der Waals surface area (Å²) in [5, 5.41) is 13.9. The van der Waals surface area contributed by atoms with Crippen molar-refractivity contribution in [3.05, 3.63) is 81.2 Å². The third-order valence-electron chi connectivity index (χ3n) is 4.66. The maximum Gasteiger partial charge on any atom is 0.297 e. The van der Waals surface area contributed by atoms with Crippen LogP contribution in [0.5, 0.6) is 0 Å². The minimum Gasteiger partial charge on any atom is -0.309 e. The molecule has 0 aliphatic rings. The first kappa shape index (κ1) is 24.0. The predicted octanol–water partition coefficient (Wildman–Crippen LogP) is 5.10. The first-order chi connectivity index (χ1) is 14.7. The summed E-state index contributed by atoms with van der Waals surface area (Å²) >= 11 is 7.15. The quantitative estimate of drug-likeness (QED) is 0.332. The van der Waals surface area contributed by atoms with Gasteiger partial charge in [-0.25, -0.2) is 0 Å². The zero-order valence-electron chi connectivity index (χ0n) is 17.7. The van der Waals surface area contributed by atoms with E-state index in [0.717, 1.165) is 5.69 Å². The summed E-state index contributed by atoms with van der Waals surface area (Å²) in [5.41, 5.74) is 0.889. The molecule has 2 aromatic carbocycles. The highest BCUT2D eigenvalue weighted by Gasteiger charge is 2.25. The summed E-state index contributed by atoms with van der Waals surface area (Å²) in [6.45, 7) is 5.75. The number of benzene rings is 2. The summed E-state index contributed by atoms with van der Waals surface area (Å²) in [6.07, 6.45) is 0. The molecule has 0 aliphatic carbocycles. The molecule has 0 N–H and O–H groups in total. The van der Waals surface area contributed by atoms with Gasteiger partial charge in [-0.2, -0.15) is 4.52 Å². The number of fused-ring (bicyclic) bond motifs is 1. The summed E-state index contributed by atoms with van der Waals surface area (Å²) < 4.78 is 1.26. The third-order valence-corrected chi connectivity index (χ3v) is 5.83. The van der Waals surface area contributed by atoms with Gasteiger partial charge in [-0.05, 0) is 36.4 Å². The number of aromatic nitrogens is 4. The second kappa shape index (κ2) is 9.48. The average molecular weight is 535 g/mol. The molecule has 0 aliphatic heterocycles. The molecule has 166 valence electrons. The molecule has 2 aromatic heterocycles. The van der Waals surface area contributed by atoms with E-state index in [2.05, 4.69) is 15.3 Å². The molecule has 32 heavy (non-hydrogen) atoms. The summed E-state index contributed by atoms with van der Waals surface area (Å²) in [6, 6.07) is 16.2. The van der Waals surface area contributed by atoms with Crippen molar-refractivity contribution in [2.24, 2.45) is 0 Å². The monoisotopic (exact) mass is 533 g/mol. The Labute approximate surface area is 204 Å². The standard InChI is InChI=1S/C22H20ClN5O2S.BrH/c1-22(2,3)18-19(30)28-20(25-24-18)31-21(26-28)27(16-7-5-4-6-8-16)13-17(29)14-9-11-15(23)12-10-14;/h4-12H,13H2,1-3H3;1H. The van der Waals surface area contributed by atoms with Gasteiger partial charge in [0, 0.05) is 21.7 Å². The first-order valence-corrected chi connectivity index (χ1v) is 10.8. The van der Waals surface area contributed by atoms with Crippen molar-refractivity contribution in [1.82, 2.24) is 19.8 Å². The topological polar surface area (TPSA) is 80.5 Å². The zero-order chi connectivity index (χ0) is 22.2. The second-order valence-electron chi connectivity index (χ2n) is 8.03. The van der Waals surface area contributed by atoms with Gasteiger partial charge in [-0.1, -0.05) is 61.9 Å². The van der Waals surface area contributed by atoms with Gasteiger partial charge in [-0.3, -0.25) is 9.59 Å². The Balaban J connectivity index is 0.00000289. The highest BCUT2D eigenvalue weighted by molar-refractivity contribution is 8.93. The van der Waals surface area contributed by atoms with Crippen molar-refractivity contribution >= 4 is 61.5 Å². The maximum absolute atomic E-state index is 13.0. The van der Waals surface area contributed by atoms with Crippen LogP contribution >= 0.6 is 39.9 Å². The first-order valence-electron chi connectivity index (χ1n) is 9.62. The smallest absolute Gasteiger partial charge is 0.297 e. The van der Waals surface area contributed by atoms with Crippen molar-refractivity contribution < 1.29 is 4.79 Å². The normalized spacial score (nSPS) is 11.2. The van der Waals surface area contributed by atoms with Gasteiger partial charge in [0.25, 0.3) is 5.56 Å². The minimum absolute atomic E-state index is 0. The van der Waals surface area contributed by atoms with E-state index in [0.29, 0.717) is 26.4 Å². The summed E-state index contributed by atoms with van der Waals surface area (Å²) in [4.78, 5) is 28.0. The molecular weight excluding hydrogens is 514 g/mol. The Morgan fingerprint density at radius 2 is 1.72 bits per heavy atom. The van der Waals surface area contributed by atoms with Crippen LogP contribution in [0.1, 0.15) is 36.8 Å². The van der Waals surface area contributed by atoms with Crippen molar-refractivity contribution in [2.45, 2.75) is 26.2 Å². The number of halogens is 2. The minimum atomic E-state index is -0.460. The van der Waals surface area contributed by atoms with Crippen LogP contribution < -0.4 is 10.5 Å². The van der Waals surface area contributed by atoms with Crippen LogP contribution in [0.2, 0.25) is 5.02 Å². The van der Waals surface area contributed by atoms with E-state index in [-0.39, 0.29) is 34.9 Å². The number of Topliss-reactive ketones (excluding diaryl/α,β-unsaturated/α-hetero) is 1. The van der Waals surface area contributed by atoms with E-state index in [1.165, 1.54) is 15.9 Å². The van der Waals surface area contributed by atoms with E-state index >= 15 is 0 Å². The Kier molecular flexibility index (Phi) is 7.12. The summed E-state index contributed by atoms with van der Waals surface area (Å²) in [7, 11) is 0. The van der Waals surface area contributed by atoms with Gasteiger partial charge in [0.1, 0.15) is 5.69 Å². The number of rotatable bonds is 5.